The van der Waals surface area contributed by atoms with Crippen LogP contribution in [0.1, 0.15) is 43.5 Å². The smallest absolute Gasteiger partial charge is 0.324 e. The first-order chi connectivity index (χ1) is 10.6. The number of carbonyl (C=O) groups is 2. The van der Waals surface area contributed by atoms with E-state index in [9.17, 15) is 9.59 Å². The summed E-state index contributed by atoms with van der Waals surface area (Å²) in [5.41, 5.74) is 0.591. The van der Waals surface area contributed by atoms with E-state index in [4.69, 9.17) is 4.74 Å². The average molecular weight is 304 g/mol. The van der Waals surface area contributed by atoms with Gasteiger partial charge in [0.15, 0.2) is 5.78 Å². The highest BCUT2D eigenvalue weighted by atomic mass is 16.5. The van der Waals surface area contributed by atoms with Crippen molar-refractivity contribution in [1.82, 2.24) is 9.88 Å². The molecule has 0 aliphatic carbocycles. The van der Waals surface area contributed by atoms with Crippen LogP contribution in [0.4, 0.5) is 0 Å². The first kappa shape index (κ1) is 16.6. The largest absolute Gasteiger partial charge is 0.465 e. The summed E-state index contributed by atoms with van der Waals surface area (Å²) in [6.07, 6.45) is 6.50. The molecule has 1 fully saturated rings. The van der Waals surface area contributed by atoms with Crippen LogP contribution in [0, 0.1) is 5.92 Å². The van der Waals surface area contributed by atoms with Crippen molar-refractivity contribution >= 4 is 11.8 Å². The zero-order valence-corrected chi connectivity index (χ0v) is 13.3. The summed E-state index contributed by atoms with van der Waals surface area (Å²) >= 11 is 0. The topological polar surface area (TPSA) is 59.5 Å². The molecule has 0 unspecified atom stereocenters. The number of carbonyl (C=O) groups excluding carboxylic acids is 2. The molecule has 0 spiro atoms. The molecule has 0 saturated carbocycles. The summed E-state index contributed by atoms with van der Waals surface area (Å²) in [5.74, 6) is -0.759. The Morgan fingerprint density at radius 3 is 2.45 bits per heavy atom. The third kappa shape index (κ3) is 3.91. The fraction of sp³-hybridized carbons (Fsp3) is 0.588. The van der Waals surface area contributed by atoms with Crippen LogP contribution in [-0.4, -0.2) is 47.4 Å². The molecule has 120 valence electrons. The number of ketones is 1. The van der Waals surface area contributed by atoms with Gasteiger partial charge < -0.3 is 4.74 Å². The molecule has 1 aromatic rings. The second-order valence-corrected chi connectivity index (χ2v) is 5.68. The van der Waals surface area contributed by atoms with Crippen LogP contribution in [0.25, 0.3) is 0 Å². The maximum atomic E-state index is 12.7. The lowest BCUT2D eigenvalue weighted by Crippen LogP contribution is -2.50. The molecule has 2 rings (SSSR count). The van der Waals surface area contributed by atoms with E-state index >= 15 is 0 Å². The molecule has 0 amide bonds. The van der Waals surface area contributed by atoms with Crippen molar-refractivity contribution in [1.29, 1.82) is 0 Å². The Labute approximate surface area is 131 Å². The monoisotopic (exact) mass is 304 g/mol. The lowest BCUT2D eigenvalue weighted by atomic mass is 9.90. The van der Waals surface area contributed by atoms with Gasteiger partial charge in [-0.3, -0.25) is 19.5 Å². The number of aromatic nitrogens is 1. The van der Waals surface area contributed by atoms with Crippen LogP contribution in [-0.2, 0) is 9.53 Å². The minimum absolute atomic E-state index is 0.0361. The molecular formula is C17H24N2O3. The van der Waals surface area contributed by atoms with Crippen LogP contribution >= 0.6 is 0 Å². The Hall–Kier alpha value is -1.75. The van der Waals surface area contributed by atoms with E-state index < -0.39 is 12.0 Å². The molecule has 5 nitrogen and oxygen atoms in total. The molecule has 2 heterocycles. The van der Waals surface area contributed by atoms with Gasteiger partial charge >= 0.3 is 5.97 Å². The maximum absolute atomic E-state index is 12.7. The van der Waals surface area contributed by atoms with Crippen molar-refractivity contribution < 1.29 is 14.3 Å². The summed E-state index contributed by atoms with van der Waals surface area (Å²) in [7, 11) is 0. The van der Waals surface area contributed by atoms with Gasteiger partial charge in [-0.2, -0.15) is 0 Å². The average Bonchev–Trinajstić information content (AvgIpc) is 2.56. The Bertz CT molecular complexity index is 498. The first-order valence-corrected chi connectivity index (χ1v) is 8.00. The molecule has 1 aliphatic heterocycles. The Balaban J connectivity index is 2.19. The van der Waals surface area contributed by atoms with Crippen LogP contribution in [0.2, 0.25) is 0 Å². The molecule has 0 bridgehead atoms. The van der Waals surface area contributed by atoms with Crippen molar-refractivity contribution in [2.24, 2.45) is 5.92 Å². The van der Waals surface area contributed by atoms with E-state index in [0.717, 1.165) is 25.9 Å². The molecule has 1 saturated heterocycles. The van der Waals surface area contributed by atoms with Crippen molar-refractivity contribution in [3.8, 4) is 0 Å². The molecule has 0 N–H and O–H groups in total. The van der Waals surface area contributed by atoms with Gasteiger partial charge in [-0.1, -0.05) is 13.3 Å². The summed E-state index contributed by atoms with van der Waals surface area (Å²) in [5, 5.41) is 0. The van der Waals surface area contributed by atoms with Crippen LogP contribution in [0.3, 0.4) is 0 Å². The van der Waals surface area contributed by atoms with Gasteiger partial charge in [0.25, 0.3) is 0 Å². The zero-order chi connectivity index (χ0) is 15.9. The normalized spacial score (nSPS) is 18.5. The van der Waals surface area contributed by atoms with E-state index in [-0.39, 0.29) is 11.8 Å². The van der Waals surface area contributed by atoms with E-state index in [0.29, 0.717) is 12.2 Å². The van der Waals surface area contributed by atoms with Gasteiger partial charge in [-0.25, -0.2) is 0 Å². The number of piperidine rings is 1. The minimum Gasteiger partial charge on any atom is -0.465 e. The molecular weight excluding hydrogens is 280 g/mol. The third-order valence-corrected chi connectivity index (χ3v) is 4.16. The van der Waals surface area contributed by atoms with E-state index in [2.05, 4.69) is 9.88 Å². The van der Waals surface area contributed by atoms with Gasteiger partial charge in [0, 0.05) is 23.9 Å². The summed E-state index contributed by atoms with van der Waals surface area (Å²) < 4.78 is 5.22. The standard InChI is InChI=1S/C17H24N2O3/c1-3-22-17(21)15(19-11-5-4-6-12-19)13(2)16(20)14-7-9-18-10-8-14/h7-10,13,15H,3-6,11-12H2,1-2H3/t13-,15-/m0/s1. The van der Waals surface area contributed by atoms with Crippen molar-refractivity contribution in [2.45, 2.75) is 39.2 Å². The Morgan fingerprint density at radius 2 is 1.86 bits per heavy atom. The molecule has 0 radical (unpaired) electrons. The number of nitrogens with zero attached hydrogens (tertiary/aromatic N) is 2. The highest BCUT2D eigenvalue weighted by Gasteiger charge is 2.37. The highest BCUT2D eigenvalue weighted by Crippen LogP contribution is 2.22. The van der Waals surface area contributed by atoms with Gasteiger partial charge in [0.1, 0.15) is 6.04 Å². The van der Waals surface area contributed by atoms with Crippen molar-refractivity contribution in [3.63, 3.8) is 0 Å². The second kappa shape index (κ2) is 8.03. The SMILES string of the molecule is CCOC(=O)[C@H]([C@H](C)C(=O)c1ccncc1)N1CCCCC1. The number of pyridine rings is 1. The molecule has 5 heteroatoms. The van der Waals surface area contributed by atoms with Crippen LogP contribution in [0.5, 0.6) is 0 Å². The fourth-order valence-corrected chi connectivity index (χ4v) is 3.02. The number of hydrogen-bond donors (Lipinski definition) is 0. The van der Waals surface area contributed by atoms with E-state index in [1.54, 1.807) is 31.5 Å². The van der Waals surface area contributed by atoms with E-state index in [1.807, 2.05) is 6.92 Å². The number of rotatable bonds is 6. The molecule has 1 aromatic heterocycles. The highest BCUT2D eigenvalue weighted by molar-refractivity contribution is 6.00. The lowest BCUT2D eigenvalue weighted by Gasteiger charge is -2.35. The quantitative estimate of drug-likeness (QED) is 0.596. The number of hydrogen-bond acceptors (Lipinski definition) is 5. The number of Topliss-reactive ketones (excluding diaryl/α,β-unsaturated/α-hetero) is 1. The predicted octanol–water partition coefficient (Wildman–Crippen LogP) is 2.32. The summed E-state index contributed by atoms with van der Waals surface area (Å²) in [4.78, 5) is 31.1. The molecule has 0 aromatic carbocycles. The van der Waals surface area contributed by atoms with E-state index in [1.165, 1.54) is 6.42 Å². The third-order valence-electron chi connectivity index (χ3n) is 4.16. The molecule has 2 atom stereocenters. The van der Waals surface area contributed by atoms with Crippen LogP contribution in [0.15, 0.2) is 24.5 Å². The Morgan fingerprint density at radius 1 is 1.23 bits per heavy atom. The lowest BCUT2D eigenvalue weighted by molar-refractivity contribution is -0.151. The molecule has 1 aliphatic rings. The number of likely N-dealkylation sites (tertiary alicyclic amines) is 1. The van der Waals surface area contributed by atoms with Gasteiger partial charge in [0.2, 0.25) is 0 Å². The maximum Gasteiger partial charge on any atom is 0.324 e. The Kier molecular flexibility index (Phi) is 6.07. The van der Waals surface area contributed by atoms with Gasteiger partial charge in [-0.05, 0) is 45.0 Å². The minimum atomic E-state index is -0.499. The van der Waals surface area contributed by atoms with Gasteiger partial charge in [0.05, 0.1) is 6.61 Å². The number of ether oxygens (including phenoxy) is 1. The second-order valence-electron chi connectivity index (χ2n) is 5.68. The fourth-order valence-electron chi connectivity index (χ4n) is 3.02. The molecule has 22 heavy (non-hydrogen) atoms. The van der Waals surface area contributed by atoms with Gasteiger partial charge in [-0.15, -0.1) is 0 Å². The summed E-state index contributed by atoms with van der Waals surface area (Å²) in [6, 6.07) is 2.88. The number of esters is 1. The first-order valence-electron chi connectivity index (χ1n) is 8.00. The summed E-state index contributed by atoms with van der Waals surface area (Å²) in [6.45, 7) is 5.63. The zero-order valence-electron chi connectivity index (χ0n) is 13.3. The van der Waals surface area contributed by atoms with Crippen LogP contribution < -0.4 is 0 Å². The van der Waals surface area contributed by atoms with Crippen molar-refractivity contribution in [2.75, 3.05) is 19.7 Å². The predicted molar refractivity (Wildman–Crippen MR) is 83.6 cm³/mol. The van der Waals surface area contributed by atoms with Crippen molar-refractivity contribution in [3.05, 3.63) is 30.1 Å².